The number of nitrogens with zero attached hydrogens (tertiary/aromatic N) is 3. The summed E-state index contributed by atoms with van der Waals surface area (Å²) in [6.07, 6.45) is 4.11. The van der Waals surface area contributed by atoms with Crippen molar-refractivity contribution in [3.63, 3.8) is 0 Å². The smallest absolute Gasteiger partial charge is 0.253 e. The van der Waals surface area contributed by atoms with E-state index >= 15 is 0 Å². The van der Waals surface area contributed by atoms with Gasteiger partial charge in [0.25, 0.3) is 5.91 Å². The Labute approximate surface area is 165 Å². The highest BCUT2D eigenvalue weighted by Crippen LogP contribution is 2.23. The highest BCUT2D eigenvalue weighted by atomic mass is 16.5. The largest absolute Gasteiger partial charge is 0.491 e. The van der Waals surface area contributed by atoms with Crippen molar-refractivity contribution >= 4 is 16.9 Å². The molecule has 0 saturated carbocycles. The first-order chi connectivity index (χ1) is 13.6. The first-order valence-electron chi connectivity index (χ1n) is 10.1. The van der Waals surface area contributed by atoms with Crippen LogP contribution in [0.1, 0.15) is 37.0 Å². The van der Waals surface area contributed by atoms with Crippen LogP contribution in [-0.4, -0.2) is 39.6 Å². The molecule has 1 saturated heterocycles. The Balaban J connectivity index is 1.34. The minimum atomic E-state index is 0.114. The van der Waals surface area contributed by atoms with E-state index in [4.69, 9.17) is 4.74 Å². The molecule has 0 radical (unpaired) electrons. The number of piperidine rings is 1. The monoisotopic (exact) mass is 377 g/mol. The van der Waals surface area contributed by atoms with Crippen molar-refractivity contribution in [2.75, 3.05) is 13.1 Å². The molecule has 2 aromatic carbocycles. The molecule has 1 fully saturated rings. The molecule has 0 bridgehead atoms. The van der Waals surface area contributed by atoms with Gasteiger partial charge in [-0.2, -0.15) is 0 Å². The lowest BCUT2D eigenvalue weighted by Gasteiger charge is -2.32. The Morgan fingerprint density at radius 2 is 1.82 bits per heavy atom. The topological polar surface area (TPSA) is 47.4 Å². The molecule has 1 aromatic heterocycles. The number of ether oxygens (including phenoxy) is 1. The lowest BCUT2D eigenvalue weighted by Crippen LogP contribution is -2.39. The summed E-state index contributed by atoms with van der Waals surface area (Å²) < 4.78 is 7.90. The average molecular weight is 377 g/mol. The van der Waals surface area contributed by atoms with Crippen LogP contribution >= 0.6 is 0 Å². The van der Waals surface area contributed by atoms with E-state index in [1.54, 1.807) is 0 Å². The molecule has 0 spiro atoms. The maximum Gasteiger partial charge on any atom is 0.253 e. The number of carbonyl (C=O) groups excluding carboxylic acids is 1. The molecule has 5 nitrogen and oxygen atoms in total. The minimum absolute atomic E-state index is 0.114. The molecule has 1 amide bonds. The predicted octanol–water partition coefficient (Wildman–Crippen LogP) is 4.38. The summed E-state index contributed by atoms with van der Waals surface area (Å²) in [4.78, 5) is 19.3. The number of hydrogen-bond acceptors (Lipinski definition) is 3. The maximum absolute atomic E-state index is 12.8. The zero-order chi connectivity index (χ0) is 19.5. The van der Waals surface area contributed by atoms with Crippen molar-refractivity contribution in [1.82, 2.24) is 14.5 Å². The molecule has 146 valence electrons. The van der Waals surface area contributed by atoms with E-state index < -0.39 is 0 Å². The Kier molecular flexibility index (Phi) is 5.33. The van der Waals surface area contributed by atoms with Crippen LogP contribution in [0.2, 0.25) is 0 Å². The van der Waals surface area contributed by atoms with Gasteiger partial charge in [-0.3, -0.25) is 4.79 Å². The van der Waals surface area contributed by atoms with Crippen LogP contribution < -0.4 is 4.74 Å². The molecule has 0 aliphatic carbocycles. The van der Waals surface area contributed by atoms with Crippen molar-refractivity contribution in [1.29, 1.82) is 0 Å². The van der Waals surface area contributed by atoms with Crippen LogP contribution in [0, 0.1) is 5.92 Å². The number of para-hydroxylation sites is 2. The van der Waals surface area contributed by atoms with Gasteiger partial charge in [0.2, 0.25) is 0 Å². The summed E-state index contributed by atoms with van der Waals surface area (Å²) in [6.45, 7) is 6.57. The summed E-state index contributed by atoms with van der Waals surface area (Å²) in [5.74, 6) is 1.49. The highest BCUT2D eigenvalue weighted by molar-refractivity contribution is 5.94. The molecule has 0 N–H and O–H groups in total. The number of likely N-dealkylation sites (tertiary alicyclic amines) is 1. The molecule has 5 heteroatoms. The predicted molar refractivity (Wildman–Crippen MR) is 111 cm³/mol. The molecular formula is C23H27N3O2. The SMILES string of the molecule is CC(C)Oc1ccc(C(=O)N2CCC(Cn3cnc4ccccc43)CC2)cc1. The van der Waals surface area contributed by atoms with Gasteiger partial charge in [0.15, 0.2) is 0 Å². The van der Waals surface area contributed by atoms with Gasteiger partial charge >= 0.3 is 0 Å². The second-order valence-corrected chi connectivity index (χ2v) is 7.81. The van der Waals surface area contributed by atoms with Gasteiger partial charge in [-0.1, -0.05) is 12.1 Å². The van der Waals surface area contributed by atoms with Gasteiger partial charge < -0.3 is 14.2 Å². The van der Waals surface area contributed by atoms with E-state index in [0.717, 1.165) is 49.3 Å². The normalized spacial score (nSPS) is 15.3. The summed E-state index contributed by atoms with van der Waals surface area (Å²) in [7, 11) is 0. The highest BCUT2D eigenvalue weighted by Gasteiger charge is 2.24. The molecule has 1 aliphatic rings. The lowest BCUT2D eigenvalue weighted by molar-refractivity contribution is 0.0683. The quantitative estimate of drug-likeness (QED) is 0.663. The first kappa shape index (κ1) is 18.5. The zero-order valence-corrected chi connectivity index (χ0v) is 16.5. The number of fused-ring (bicyclic) bond motifs is 1. The van der Waals surface area contributed by atoms with Gasteiger partial charge in [-0.05, 0) is 69.0 Å². The summed E-state index contributed by atoms with van der Waals surface area (Å²) in [5, 5.41) is 0. The van der Waals surface area contributed by atoms with Crippen LogP contribution in [0.25, 0.3) is 11.0 Å². The van der Waals surface area contributed by atoms with Gasteiger partial charge in [-0.15, -0.1) is 0 Å². The molecule has 28 heavy (non-hydrogen) atoms. The van der Waals surface area contributed by atoms with Gasteiger partial charge in [-0.25, -0.2) is 4.98 Å². The Morgan fingerprint density at radius 1 is 1.11 bits per heavy atom. The van der Waals surface area contributed by atoms with Crippen molar-refractivity contribution in [3.05, 3.63) is 60.4 Å². The number of hydrogen-bond donors (Lipinski definition) is 0. The van der Waals surface area contributed by atoms with Crippen molar-refractivity contribution in [2.24, 2.45) is 5.92 Å². The Bertz CT molecular complexity index is 938. The molecular weight excluding hydrogens is 350 g/mol. The fourth-order valence-electron chi connectivity index (χ4n) is 3.88. The second-order valence-electron chi connectivity index (χ2n) is 7.81. The van der Waals surface area contributed by atoms with Gasteiger partial charge in [0.05, 0.1) is 23.5 Å². The summed E-state index contributed by atoms with van der Waals surface area (Å²) in [6, 6.07) is 15.7. The standard InChI is InChI=1S/C23H27N3O2/c1-17(2)28-20-9-7-19(8-10-20)23(27)25-13-11-18(12-14-25)15-26-16-24-21-5-3-4-6-22(21)26/h3-10,16-18H,11-15H2,1-2H3. The lowest BCUT2D eigenvalue weighted by atomic mass is 9.96. The van der Waals surface area contributed by atoms with Crippen LogP contribution in [0.5, 0.6) is 5.75 Å². The fraction of sp³-hybridized carbons (Fsp3) is 0.391. The van der Waals surface area contributed by atoms with Crippen molar-refractivity contribution in [2.45, 2.75) is 39.3 Å². The maximum atomic E-state index is 12.8. The molecule has 0 unspecified atom stereocenters. The molecule has 1 aliphatic heterocycles. The number of carbonyl (C=O) groups is 1. The van der Waals surface area contributed by atoms with Crippen molar-refractivity contribution < 1.29 is 9.53 Å². The number of rotatable bonds is 5. The van der Waals surface area contributed by atoms with E-state index in [1.165, 1.54) is 5.52 Å². The zero-order valence-electron chi connectivity index (χ0n) is 16.5. The van der Waals surface area contributed by atoms with Crippen LogP contribution in [0.4, 0.5) is 0 Å². The number of aromatic nitrogens is 2. The first-order valence-corrected chi connectivity index (χ1v) is 10.1. The third-order valence-electron chi connectivity index (χ3n) is 5.36. The Hall–Kier alpha value is -2.82. The van der Waals surface area contributed by atoms with E-state index in [1.807, 2.05) is 61.5 Å². The molecule has 0 atom stereocenters. The Morgan fingerprint density at radius 3 is 2.54 bits per heavy atom. The van der Waals surface area contributed by atoms with Crippen LogP contribution in [0.15, 0.2) is 54.9 Å². The van der Waals surface area contributed by atoms with Crippen molar-refractivity contribution in [3.8, 4) is 5.75 Å². The van der Waals surface area contributed by atoms with E-state index in [0.29, 0.717) is 5.92 Å². The number of imidazole rings is 1. The number of benzene rings is 2. The van der Waals surface area contributed by atoms with E-state index in [9.17, 15) is 4.79 Å². The van der Waals surface area contributed by atoms with E-state index in [2.05, 4.69) is 21.7 Å². The third kappa shape index (κ3) is 4.03. The third-order valence-corrected chi connectivity index (χ3v) is 5.36. The molecule has 2 heterocycles. The fourth-order valence-corrected chi connectivity index (χ4v) is 3.88. The van der Waals surface area contributed by atoms with Crippen LogP contribution in [-0.2, 0) is 6.54 Å². The second kappa shape index (κ2) is 8.05. The van der Waals surface area contributed by atoms with Gasteiger partial charge in [0.1, 0.15) is 5.75 Å². The van der Waals surface area contributed by atoms with Crippen LogP contribution in [0.3, 0.4) is 0 Å². The molecule has 4 rings (SSSR count). The number of amides is 1. The minimum Gasteiger partial charge on any atom is -0.491 e. The van der Waals surface area contributed by atoms with Gasteiger partial charge in [0, 0.05) is 25.2 Å². The molecule has 3 aromatic rings. The average Bonchev–Trinajstić information content (AvgIpc) is 3.11. The summed E-state index contributed by atoms with van der Waals surface area (Å²) in [5.41, 5.74) is 2.96. The summed E-state index contributed by atoms with van der Waals surface area (Å²) >= 11 is 0. The van der Waals surface area contributed by atoms with E-state index in [-0.39, 0.29) is 12.0 Å².